The molecule has 0 atom stereocenters. The summed E-state index contributed by atoms with van der Waals surface area (Å²) in [5.74, 6) is 1.72. The van der Waals surface area contributed by atoms with E-state index in [2.05, 4.69) is 16.8 Å². The van der Waals surface area contributed by atoms with Gasteiger partial charge in [-0.2, -0.15) is 0 Å². The van der Waals surface area contributed by atoms with E-state index in [1.165, 1.54) is 25.7 Å². The lowest BCUT2D eigenvalue weighted by Gasteiger charge is -2.30. The van der Waals surface area contributed by atoms with Crippen LogP contribution in [0.4, 0.5) is 5.82 Å². The fraction of sp³-hybridized carbons (Fsp3) is 0.667. The molecule has 1 heterocycles. The lowest BCUT2D eigenvalue weighted by Crippen LogP contribution is -2.36. The maximum absolute atomic E-state index is 9.32. The van der Waals surface area contributed by atoms with E-state index < -0.39 is 0 Å². The van der Waals surface area contributed by atoms with Crippen LogP contribution in [0.1, 0.15) is 39.0 Å². The first-order valence-corrected chi connectivity index (χ1v) is 7.32. The zero-order chi connectivity index (χ0) is 13.5. The highest BCUT2D eigenvalue weighted by atomic mass is 16.5. The van der Waals surface area contributed by atoms with Crippen molar-refractivity contribution in [3.63, 3.8) is 0 Å². The monoisotopic (exact) mass is 264 g/mol. The molecule has 0 unspecified atom stereocenters. The van der Waals surface area contributed by atoms with Crippen molar-refractivity contribution >= 4 is 5.82 Å². The van der Waals surface area contributed by atoms with Gasteiger partial charge in [0.25, 0.3) is 0 Å². The number of rotatable bonds is 7. The van der Waals surface area contributed by atoms with E-state index >= 15 is 0 Å². The van der Waals surface area contributed by atoms with Crippen LogP contribution < -0.4 is 9.64 Å². The van der Waals surface area contributed by atoms with Gasteiger partial charge in [0.15, 0.2) is 11.6 Å². The Labute approximate surface area is 115 Å². The van der Waals surface area contributed by atoms with E-state index in [0.717, 1.165) is 18.0 Å². The smallest absolute Gasteiger partial charge is 0.171 e. The molecule has 1 aliphatic carbocycles. The van der Waals surface area contributed by atoms with Gasteiger partial charge in [-0.15, -0.1) is 0 Å². The highest BCUT2D eigenvalue weighted by Gasteiger charge is 2.25. The second kappa shape index (κ2) is 7.34. The zero-order valence-electron chi connectivity index (χ0n) is 11.7. The molecule has 4 nitrogen and oxygen atoms in total. The Morgan fingerprint density at radius 2 is 2.21 bits per heavy atom. The Kier molecular flexibility index (Phi) is 5.45. The number of pyridine rings is 1. The molecular weight excluding hydrogens is 240 g/mol. The summed E-state index contributed by atoms with van der Waals surface area (Å²) in [5, 5.41) is 9.32. The number of aliphatic hydroxyl groups is 1. The lowest BCUT2D eigenvalue weighted by molar-refractivity contribution is 0.292. The summed E-state index contributed by atoms with van der Waals surface area (Å²) >= 11 is 0. The highest BCUT2D eigenvalue weighted by molar-refractivity contribution is 5.53. The number of aliphatic hydroxyl groups excluding tert-OH is 1. The fourth-order valence-electron chi connectivity index (χ4n) is 2.71. The van der Waals surface area contributed by atoms with Gasteiger partial charge in [0.1, 0.15) is 0 Å². The molecule has 0 amide bonds. The Morgan fingerprint density at radius 1 is 1.42 bits per heavy atom. The van der Waals surface area contributed by atoms with Crippen molar-refractivity contribution in [1.82, 2.24) is 4.98 Å². The van der Waals surface area contributed by atoms with Gasteiger partial charge in [0.05, 0.1) is 13.2 Å². The van der Waals surface area contributed by atoms with E-state index in [-0.39, 0.29) is 6.61 Å². The van der Waals surface area contributed by atoms with E-state index in [1.54, 1.807) is 6.20 Å². The molecule has 1 fully saturated rings. The number of hydrogen-bond acceptors (Lipinski definition) is 4. The van der Waals surface area contributed by atoms with Gasteiger partial charge < -0.3 is 14.7 Å². The van der Waals surface area contributed by atoms with Crippen LogP contribution in [-0.4, -0.2) is 35.9 Å². The van der Waals surface area contributed by atoms with Gasteiger partial charge in [-0.25, -0.2) is 4.98 Å². The molecule has 2 rings (SSSR count). The van der Waals surface area contributed by atoms with Gasteiger partial charge in [-0.05, 0) is 31.4 Å². The zero-order valence-corrected chi connectivity index (χ0v) is 11.7. The topological polar surface area (TPSA) is 45.6 Å². The van der Waals surface area contributed by atoms with Crippen LogP contribution >= 0.6 is 0 Å². The maximum atomic E-state index is 9.32. The molecule has 0 saturated heterocycles. The first-order chi connectivity index (χ1) is 9.36. The van der Waals surface area contributed by atoms with Gasteiger partial charge in [0, 0.05) is 18.8 Å². The molecule has 0 radical (unpaired) electrons. The summed E-state index contributed by atoms with van der Waals surface area (Å²) in [6, 6.07) is 4.36. The summed E-state index contributed by atoms with van der Waals surface area (Å²) < 4.78 is 5.79. The predicted molar refractivity (Wildman–Crippen MR) is 76.7 cm³/mol. The fourth-order valence-corrected chi connectivity index (χ4v) is 2.71. The molecule has 0 aliphatic heterocycles. The second-order valence-electron chi connectivity index (χ2n) is 5.03. The standard InChI is InChI=1S/C15H24N2O2/c1-2-12-19-14-8-5-9-16-15(14)17(10-11-18)13-6-3-4-7-13/h5,8-9,13,18H,2-4,6-7,10-12H2,1H3. The largest absolute Gasteiger partial charge is 0.490 e. The third-order valence-corrected chi connectivity index (χ3v) is 3.59. The van der Waals surface area contributed by atoms with E-state index in [9.17, 15) is 5.11 Å². The average molecular weight is 264 g/mol. The molecule has 1 aromatic rings. The summed E-state index contributed by atoms with van der Waals surface area (Å²) in [7, 11) is 0. The number of ether oxygens (including phenoxy) is 1. The van der Waals surface area contributed by atoms with Crippen LogP contribution in [0, 0.1) is 0 Å². The van der Waals surface area contributed by atoms with Crippen LogP contribution in [0.2, 0.25) is 0 Å². The molecule has 1 saturated carbocycles. The highest BCUT2D eigenvalue weighted by Crippen LogP contribution is 2.32. The van der Waals surface area contributed by atoms with Crippen molar-refractivity contribution in [2.45, 2.75) is 45.1 Å². The molecule has 1 aromatic heterocycles. The Balaban J connectivity index is 2.19. The Bertz CT molecular complexity index is 378. The maximum Gasteiger partial charge on any atom is 0.171 e. The molecule has 1 N–H and O–H groups in total. The van der Waals surface area contributed by atoms with E-state index in [4.69, 9.17) is 4.74 Å². The number of aromatic nitrogens is 1. The van der Waals surface area contributed by atoms with Gasteiger partial charge in [0.2, 0.25) is 0 Å². The molecule has 0 aromatic carbocycles. The van der Waals surface area contributed by atoms with Crippen LogP contribution in [-0.2, 0) is 0 Å². The summed E-state index contributed by atoms with van der Waals surface area (Å²) in [5.41, 5.74) is 0. The van der Waals surface area contributed by atoms with Crippen LogP contribution in [0.25, 0.3) is 0 Å². The summed E-state index contributed by atoms with van der Waals surface area (Å²) in [4.78, 5) is 6.71. The van der Waals surface area contributed by atoms with Crippen molar-refractivity contribution in [3.05, 3.63) is 18.3 Å². The number of anilines is 1. The number of hydrogen-bond donors (Lipinski definition) is 1. The third kappa shape index (κ3) is 3.60. The molecular formula is C15H24N2O2. The van der Waals surface area contributed by atoms with E-state index in [0.29, 0.717) is 19.2 Å². The SMILES string of the molecule is CCCOc1cccnc1N(CCO)C1CCCC1. The van der Waals surface area contributed by atoms with Crippen LogP contribution in [0.15, 0.2) is 18.3 Å². The minimum absolute atomic E-state index is 0.153. The van der Waals surface area contributed by atoms with Crippen molar-refractivity contribution in [3.8, 4) is 5.75 Å². The lowest BCUT2D eigenvalue weighted by atomic mass is 10.2. The first-order valence-electron chi connectivity index (χ1n) is 7.32. The molecule has 19 heavy (non-hydrogen) atoms. The number of nitrogens with zero attached hydrogens (tertiary/aromatic N) is 2. The Morgan fingerprint density at radius 3 is 2.89 bits per heavy atom. The average Bonchev–Trinajstić information content (AvgIpc) is 2.97. The molecule has 0 spiro atoms. The van der Waals surface area contributed by atoms with Crippen LogP contribution in [0.5, 0.6) is 5.75 Å². The van der Waals surface area contributed by atoms with Crippen LogP contribution in [0.3, 0.4) is 0 Å². The first kappa shape index (κ1) is 14.1. The molecule has 1 aliphatic rings. The summed E-state index contributed by atoms with van der Waals surface area (Å²) in [6.45, 7) is 3.58. The van der Waals surface area contributed by atoms with Gasteiger partial charge in [-0.1, -0.05) is 19.8 Å². The van der Waals surface area contributed by atoms with Crippen molar-refractivity contribution in [1.29, 1.82) is 0 Å². The third-order valence-electron chi connectivity index (χ3n) is 3.59. The van der Waals surface area contributed by atoms with Crippen molar-refractivity contribution < 1.29 is 9.84 Å². The molecule has 4 heteroatoms. The summed E-state index contributed by atoms with van der Waals surface area (Å²) in [6.07, 6.45) is 7.69. The quantitative estimate of drug-likeness (QED) is 0.822. The van der Waals surface area contributed by atoms with E-state index in [1.807, 2.05) is 12.1 Å². The van der Waals surface area contributed by atoms with Gasteiger partial charge in [-0.3, -0.25) is 0 Å². The second-order valence-corrected chi connectivity index (χ2v) is 5.03. The Hall–Kier alpha value is -1.29. The normalized spacial score (nSPS) is 15.7. The molecule has 0 bridgehead atoms. The minimum atomic E-state index is 0.153. The van der Waals surface area contributed by atoms with Gasteiger partial charge >= 0.3 is 0 Å². The minimum Gasteiger partial charge on any atom is -0.490 e. The van der Waals surface area contributed by atoms with Crippen molar-refractivity contribution in [2.75, 3.05) is 24.7 Å². The predicted octanol–water partition coefficient (Wildman–Crippen LogP) is 2.61. The van der Waals surface area contributed by atoms with Crippen molar-refractivity contribution in [2.24, 2.45) is 0 Å². The molecule has 106 valence electrons.